The van der Waals surface area contributed by atoms with Crippen molar-refractivity contribution in [2.75, 3.05) is 19.0 Å². The van der Waals surface area contributed by atoms with Crippen LogP contribution in [0.25, 0.3) is 0 Å². The van der Waals surface area contributed by atoms with E-state index in [2.05, 4.69) is 28.9 Å². The number of pyridine rings is 1. The van der Waals surface area contributed by atoms with E-state index in [4.69, 9.17) is 0 Å². The molecule has 0 saturated heterocycles. The van der Waals surface area contributed by atoms with Crippen LogP contribution >= 0.6 is 0 Å². The highest BCUT2D eigenvalue weighted by atomic mass is 16.5. The molecule has 0 atom stereocenters. The molecule has 1 heterocycles. The normalized spacial score (nSPS) is 10.1. The fraction of sp³-hybridized carbons (Fsp3) is 0.455. The fourth-order valence-electron chi connectivity index (χ4n) is 1.08. The van der Waals surface area contributed by atoms with E-state index in [1.54, 1.807) is 12.3 Å². The molecule has 0 amide bonds. The third-order valence-electron chi connectivity index (χ3n) is 1.87. The summed E-state index contributed by atoms with van der Waals surface area (Å²) in [5, 5.41) is 3.22. The van der Waals surface area contributed by atoms with Gasteiger partial charge in [0.1, 0.15) is 5.69 Å². The van der Waals surface area contributed by atoms with Crippen LogP contribution in [-0.4, -0.2) is 24.6 Å². The van der Waals surface area contributed by atoms with E-state index in [-0.39, 0.29) is 0 Å². The number of nitrogens with zero attached hydrogens (tertiary/aromatic N) is 1. The molecule has 1 N–H and O–H groups in total. The highest BCUT2D eigenvalue weighted by molar-refractivity contribution is 5.88. The Morgan fingerprint density at radius 2 is 2.33 bits per heavy atom. The zero-order valence-corrected chi connectivity index (χ0v) is 9.28. The van der Waals surface area contributed by atoms with Crippen molar-refractivity contribution in [2.45, 2.75) is 13.8 Å². The predicted molar refractivity (Wildman–Crippen MR) is 58.9 cm³/mol. The Morgan fingerprint density at radius 1 is 1.60 bits per heavy atom. The van der Waals surface area contributed by atoms with Gasteiger partial charge in [-0.3, -0.25) is 0 Å². The summed E-state index contributed by atoms with van der Waals surface area (Å²) >= 11 is 0. The van der Waals surface area contributed by atoms with Crippen molar-refractivity contribution in [3.05, 3.63) is 24.0 Å². The van der Waals surface area contributed by atoms with Crippen molar-refractivity contribution in [2.24, 2.45) is 5.92 Å². The van der Waals surface area contributed by atoms with E-state index in [0.717, 1.165) is 12.2 Å². The number of ether oxygens (including phenoxy) is 1. The largest absolute Gasteiger partial charge is 0.464 e. The monoisotopic (exact) mass is 208 g/mol. The highest BCUT2D eigenvalue weighted by Crippen LogP contribution is 2.09. The van der Waals surface area contributed by atoms with Crippen molar-refractivity contribution in [1.82, 2.24) is 4.98 Å². The molecule has 0 aliphatic carbocycles. The van der Waals surface area contributed by atoms with Crippen LogP contribution in [0.1, 0.15) is 24.3 Å². The summed E-state index contributed by atoms with van der Waals surface area (Å²) in [6.45, 7) is 5.11. The van der Waals surface area contributed by atoms with Gasteiger partial charge in [0.05, 0.1) is 7.11 Å². The van der Waals surface area contributed by atoms with Gasteiger partial charge in [-0.15, -0.1) is 0 Å². The third kappa shape index (κ3) is 3.58. The quantitative estimate of drug-likeness (QED) is 0.768. The number of methoxy groups -OCH3 is 1. The molecule has 0 aromatic carbocycles. The van der Waals surface area contributed by atoms with E-state index in [1.807, 2.05) is 6.07 Å². The lowest BCUT2D eigenvalue weighted by molar-refractivity contribution is 0.0594. The maximum atomic E-state index is 11.2. The minimum atomic E-state index is -0.414. The van der Waals surface area contributed by atoms with Crippen molar-refractivity contribution in [1.29, 1.82) is 0 Å². The Kier molecular flexibility index (Phi) is 4.09. The number of rotatable bonds is 4. The number of nitrogens with one attached hydrogen (secondary N) is 1. The molecule has 0 fully saturated rings. The summed E-state index contributed by atoms with van der Waals surface area (Å²) in [4.78, 5) is 15.1. The minimum absolute atomic E-state index is 0.325. The van der Waals surface area contributed by atoms with Crippen LogP contribution < -0.4 is 5.32 Å². The number of hydrogen-bond acceptors (Lipinski definition) is 4. The van der Waals surface area contributed by atoms with Crippen LogP contribution in [0.4, 0.5) is 5.69 Å². The first-order valence-electron chi connectivity index (χ1n) is 4.91. The number of carbonyl (C=O) groups is 1. The van der Waals surface area contributed by atoms with Gasteiger partial charge in [-0.05, 0) is 18.1 Å². The summed E-state index contributed by atoms with van der Waals surface area (Å²) in [5.74, 6) is 0.142. The van der Waals surface area contributed by atoms with Gasteiger partial charge >= 0.3 is 5.97 Å². The highest BCUT2D eigenvalue weighted by Gasteiger charge is 2.07. The number of hydrogen-bond donors (Lipinski definition) is 1. The molecule has 15 heavy (non-hydrogen) atoms. The van der Waals surface area contributed by atoms with Crippen molar-refractivity contribution in [3.63, 3.8) is 0 Å². The molecule has 1 rings (SSSR count). The summed E-state index contributed by atoms with van der Waals surface area (Å²) in [6.07, 6.45) is 1.59. The lowest BCUT2D eigenvalue weighted by atomic mass is 10.2. The van der Waals surface area contributed by atoms with Crippen LogP contribution in [0.15, 0.2) is 18.3 Å². The van der Waals surface area contributed by atoms with Crippen LogP contribution in [0.5, 0.6) is 0 Å². The Hall–Kier alpha value is -1.58. The van der Waals surface area contributed by atoms with Crippen LogP contribution in [0.3, 0.4) is 0 Å². The lowest BCUT2D eigenvalue weighted by Gasteiger charge is -2.09. The summed E-state index contributed by atoms with van der Waals surface area (Å²) in [5.41, 5.74) is 1.21. The summed E-state index contributed by atoms with van der Waals surface area (Å²) in [6, 6.07) is 3.52. The van der Waals surface area contributed by atoms with Gasteiger partial charge in [-0.25, -0.2) is 9.78 Å². The Morgan fingerprint density at radius 3 is 2.93 bits per heavy atom. The molecule has 0 saturated carbocycles. The molecule has 0 bridgehead atoms. The molecule has 0 aliphatic heterocycles. The van der Waals surface area contributed by atoms with Crippen LogP contribution in [0, 0.1) is 5.92 Å². The molecular weight excluding hydrogens is 192 g/mol. The summed E-state index contributed by atoms with van der Waals surface area (Å²) < 4.78 is 4.59. The topological polar surface area (TPSA) is 51.2 Å². The predicted octanol–water partition coefficient (Wildman–Crippen LogP) is 1.94. The minimum Gasteiger partial charge on any atom is -0.464 e. The van der Waals surface area contributed by atoms with Gasteiger partial charge in [0.2, 0.25) is 0 Å². The molecule has 1 aromatic heterocycles. The first-order chi connectivity index (χ1) is 7.13. The molecule has 4 nitrogen and oxygen atoms in total. The van der Waals surface area contributed by atoms with Crippen molar-refractivity contribution in [3.8, 4) is 0 Å². The Balaban J connectivity index is 2.70. The van der Waals surface area contributed by atoms with Gasteiger partial charge < -0.3 is 10.1 Å². The van der Waals surface area contributed by atoms with Gasteiger partial charge in [-0.2, -0.15) is 0 Å². The number of anilines is 1. The Labute approximate surface area is 89.7 Å². The molecule has 0 spiro atoms. The summed E-state index contributed by atoms with van der Waals surface area (Å²) in [7, 11) is 1.35. The molecule has 0 unspecified atom stereocenters. The van der Waals surface area contributed by atoms with E-state index >= 15 is 0 Å². The zero-order valence-electron chi connectivity index (χ0n) is 9.28. The maximum Gasteiger partial charge on any atom is 0.356 e. The van der Waals surface area contributed by atoms with E-state index in [9.17, 15) is 4.79 Å². The van der Waals surface area contributed by atoms with Crippen LogP contribution in [-0.2, 0) is 4.74 Å². The van der Waals surface area contributed by atoms with Gasteiger partial charge in [0.15, 0.2) is 0 Å². The smallest absolute Gasteiger partial charge is 0.356 e. The number of carbonyl (C=O) groups excluding carboxylic acids is 1. The second-order valence-electron chi connectivity index (χ2n) is 3.70. The molecule has 4 heteroatoms. The SMILES string of the molecule is COC(=O)c1cc(NCC(C)C)ccn1. The Bertz CT molecular complexity index is 337. The number of aromatic nitrogens is 1. The van der Waals surface area contributed by atoms with Crippen LogP contribution in [0.2, 0.25) is 0 Å². The first-order valence-corrected chi connectivity index (χ1v) is 4.91. The van der Waals surface area contributed by atoms with E-state index in [0.29, 0.717) is 11.6 Å². The van der Waals surface area contributed by atoms with Gasteiger partial charge in [0.25, 0.3) is 0 Å². The van der Waals surface area contributed by atoms with E-state index in [1.165, 1.54) is 7.11 Å². The van der Waals surface area contributed by atoms with Gasteiger partial charge in [0, 0.05) is 18.4 Å². The second-order valence-corrected chi connectivity index (χ2v) is 3.70. The average molecular weight is 208 g/mol. The molecule has 0 aliphatic rings. The molecule has 1 aromatic rings. The lowest BCUT2D eigenvalue weighted by Crippen LogP contribution is -2.10. The molecule has 82 valence electrons. The average Bonchev–Trinajstić information content (AvgIpc) is 2.25. The van der Waals surface area contributed by atoms with Crippen molar-refractivity contribution < 1.29 is 9.53 Å². The maximum absolute atomic E-state index is 11.2. The van der Waals surface area contributed by atoms with Gasteiger partial charge in [-0.1, -0.05) is 13.8 Å². The fourth-order valence-corrected chi connectivity index (χ4v) is 1.08. The van der Waals surface area contributed by atoms with Crippen molar-refractivity contribution >= 4 is 11.7 Å². The second kappa shape index (κ2) is 5.34. The van der Waals surface area contributed by atoms with E-state index < -0.39 is 5.97 Å². The molecule has 0 radical (unpaired) electrons. The third-order valence-corrected chi connectivity index (χ3v) is 1.87. The zero-order chi connectivity index (χ0) is 11.3. The number of esters is 1. The standard InChI is InChI=1S/C11H16N2O2/c1-8(2)7-13-9-4-5-12-10(6-9)11(14)15-3/h4-6,8H,7H2,1-3H3,(H,12,13). The first kappa shape index (κ1) is 11.5. The molecular formula is C11H16N2O2.